The summed E-state index contributed by atoms with van der Waals surface area (Å²) in [5.41, 5.74) is 1.37. The predicted molar refractivity (Wildman–Crippen MR) is 94.6 cm³/mol. The van der Waals surface area contributed by atoms with Gasteiger partial charge in [-0.05, 0) is 55.5 Å². The zero-order valence-electron chi connectivity index (χ0n) is 14.3. The van der Waals surface area contributed by atoms with Gasteiger partial charge in [0.15, 0.2) is 11.5 Å². The first kappa shape index (κ1) is 17.8. The van der Waals surface area contributed by atoms with E-state index in [9.17, 15) is 5.11 Å². The lowest BCUT2D eigenvalue weighted by Gasteiger charge is -2.26. The molecule has 1 aromatic carbocycles. The second-order valence-electron chi connectivity index (χ2n) is 5.92. The maximum atomic E-state index is 10.6. The molecule has 0 radical (unpaired) electrons. The molecular formula is C18H25NO3S. The lowest BCUT2D eigenvalue weighted by atomic mass is 9.99. The Morgan fingerprint density at radius 3 is 2.48 bits per heavy atom. The van der Waals surface area contributed by atoms with Crippen LogP contribution >= 0.6 is 11.3 Å². The van der Waals surface area contributed by atoms with E-state index >= 15 is 0 Å². The monoisotopic (exact) mass is 335 g/mol. The highest BCUT2D eigenvalue weighted by molar-refractivity contribution is 7.10. The SMILES string of the molecule is COc1cc(C)c(C(C)NCC(C)(O)c2cccs2)cc1OC. The molecule has 0 fully saturated rings. The normalized spacial score (nSPS) is 15.0. The van der Waals surface area contributed by atoms with Crippen molar-refractivity contribution in [3.63, 3.8) is 0 Å². The Balaban J connectivity index is 2.13. The molecule has 0 saturated carbocycles. The number of ether oxygens (including phenoxy) is 2. The van der Waals surface area contributed by atoms with Gasteiger partial charge in [0, 0.05) is 17.5 Å². The molecule has 0 aliphatic heterocycles. The standard InChI is InChI=1S/C18H25NO3S/c1-12-9-15(21-4)16(22-5)10-14(12)13(2)19-11-18(3,20)17-7-6-8-23-17/h6-10,13,19-20H,11H2,1-5H3. The zero-order valence-corrected chi connectivity index (χ0v) is 15.2. The van der Waals surface area contributed by atoms with Gasteiger partial charge in [-0.2, -0.15) is 0 Å². The minimum absolute atomic E-state index is 0.0845. The van der Waals surface area contributed by atoms with Crippen molar-refractivity contribution in [1.29, 1.82) is 0 Å². The Hall–Kier alpha value is -1.56. The van der Waals surface area contributed by atoms with Crippen molar-refractivity contribution < 1.29 is 14.6 Å². The fraction of sp³-hybridized carbons (Fsp3) is 0.444. The molecule has 23 heavy (non-hydrogen) atoms. The summed E-state index contributed by atoms with van der Waals surface area (Å²) in [6.07, 6.45) is 0. The van der Waals surface area contributed by atoms with Gasteiger partial charge in [0.1, 0.15) is 5.60 Å². The topological polar surface area (TPSA) is 50.7 Å². The molecule has 5 heteroatoms. The summed E-state index contributed by atoms with van der Waals surface area (Å²) in [4.78, 5) is 0.959. The number of aliphatic hydroxyl groups is 1. The number of methoxy groups -OCH3 is 2. The number of hydrogen-bond acceptors (Lipinski definition) is 5. The Labute approximate surface area is 142 Å². The van der Waals surface area contributed by atoms with Crippen molar-refractivity contribution in [2.24, 2.45) is 0 Å². The average molecular weight is 335 g/mol. The van der Waals surface area contributed by atoms with E-state index in [1.807, 2.05) is 43.5 Å². The van der Waals surface area contributed by atoms with Crippen molar-refractivity contribution in [3.8, 4) is 11.5 Å². The highest BCUT2D eigenvalue weighted by Crippen LogP contribution is 2.33. The van der Waals surface area contributed by atoms with Crippen LogP contribution in [0.15, 0.2) is 29.6 Å². The van der Waals surface area contributed by atoms with E-state index < -0.39 is 5.60 Å². The lowest BCUT2D eigenvalue weighted by molar-refractivity contribution is 0.0581. The molecule has 2 atom stereocenters. The predicted octanol–water partition coefficient (Wildman–Crippen LogP) is 3.63. The molecule has 126 valence electrons. The van der Waals surface area contributed by atoms with Crippen LogP contribution in [0, 0.1) is 6.92 Å². The van der Waals surface area contributed by atoms with Crippen LogP contribution in [0.1, 0.15) is 35.9 Å². The quantitative estimate of drug-likeness (QED) is 0.811. The van der Waals surface area contributed by atoms with Crippen LogP contribution in [-0.2, 0) is 5.60 Å². The van der Waals surface area contributed by atoms with Crippen LogP contribution < -0.4 is 14.8 Å². The number of rotatable bonds is 7. The molecule has 0 amide bonds. The Morgan fingerprint density at radius 2 is 1.91 bits per heavy atom. The van der Waals surface area contributed by atoms with Crippen LogP contribution in [0.5, 0.6) is 11.5 Å². The maximum Gasteiger partial charge on any atom is 0.161 e. The largest absolute Gasteiger partial charge is 0.493 e. The lowest BCUT2D eigenvalue weighted by Crippen LogP contribution is -2.36. The fourth-order valence-electron chi connectivity index (χ4n) is 2.60. The summed E-state index contributed by atoms with van der Waals surface area (Å²) in [5.74, 6) is 1.44. The summed E-state index contributed by atoms with van der Waals surface area (Å²) < 4.78 is 10.7. The van der Waals surface area contributed by atoms with E-state index in [-0.39, 0.29) is 6.04 Å². The van der Waals surface area contributed by atoms with Gasteiger partial charge in [-0.25, -0.2) is 0 Å². The Morgan fingerprint density at radius 1 is 1.26 bits per heavy atom. The molecule has 2 aromatic rings. The number of nitrogens with one attached hydrogen (secondary N) is 1. The van der Waals surface area contributed by atoms with Crippen LogP contribution in [0.3, 0.4) is 0 Å². The molecule has 0 aliphatic rings. The molecule has 1 heterocycles. The van der Waals surface area contributed by atoms with Crippen molar-refractivity contribution >= 4 is 11.3 Å². The second-order valence-corrected chi connectivity index (χ2v) is 6.87. The number of aryl methyl sites for hydroxylation is 1. The van der Waals surface area contributed by atoms with Crippen LogP contribution in [0.4, 0.5) is 0 Å². The molecule has 4 nitrogen and oxygen atoms in total. The third-order valence-electron chi connectivity index (χ3n) is 4.04. The second kappa shape index (κ2) is 7.34. The van der Waals surface area contributed by atoms with E-state index in [0.29, 0.717) is 12.3 Å². The minimum Gasteiger partial charge on any atom is -0.493 e. The highest BCUT2D eigenvalue weighted by Gasteiger charge is 2.25. The van der Waals surface area contributed by atoms with E-state index in [4.69, 9.17) is 9.47 Å². The molecular weight excluding hydrogens is 310 g/mol. The molecule has 1 aromatic heterocycles. The molecule has 2 N–H and O–H groups in total. The highest BCUT2D eigenvalue weighted by atomic mass is 32.1. The Bertz CT molecular complexity index is 638. The molecule has 0 saturated heterocycles. The van der Waals surface area contributed by atoms with Gasteiger partial charge >= 0.3 is 0 Å². The van der Waals surface area contributed by atoms with Gasteiger partial charge in [-0.3, -0.25) is 0 Å². The summed E-state index contributed by atoms with van der Waals surface area (Å²) in [5, 5.41) is 16.0. The van der Waals surface area contributed by atoms with Crippen LogP contribution in [0.25, 0.3) is 0 Å². The van der Waals surface area contributed by atoms with Crippen LogP contribution in [0.2, 0.25) is 0 Å². The zero-order chi connectivity index (χ0) is 17.0. The van der Waals surface area contributed by atoms with Gasteiger partial charge in [0.2, 0.25) is 0 Å². The first-order chi connectivity index (χ1) is 10.9. The molecule has 0 bridgehead atoms. The first-order valence-electron chi connectivity index (χ1n) is 7.61. The molecule has 0 aliphatic carbocycles. The van der Waals surface area contributed by atoms with Crippen LogP contribution in [-0.4, -0.2) is 25.9 Å². The molecule has 0 spiro atoms. The van der Waals surface area contributed by atoms with Gasteiger partial charge in [-0.15, -0.1) is 11.3 Å². The summed E-state index contributed by atoms with van der Waals surface area (Å²) in [6, 6.07) is 7.96. The average Bonchev–Trinajstić information content (AvgIpc) is 3.07. The summed E-state index contributed by atoms with van der Waals surface area (Å²) in [6.45, 7) is 6.44. The fourth-order valence-corrected chi connectivity index (χ4v) is 3.38. The third-order valence-corrected chi connectivity index (χ3v) is 5.17. The number of benzene rings is 1. The smallest absolute Gasteiger partial charge is 0.161 e. The van der Waals surface area contributed by atoms with Gasteiger partial charge < -0.3 is 19.9 Å². The summed E-state index contributed by atoms with van der Waals surface area (Å²) >= 11 is 1.56. The minimum atomic E-state index is -0.882. The van der Waals surface area contributed by atoms with Crippen molar-refractivity contribution in [3.05, 3.63) is 45.6 Å². The van der Waals surface area contributed by atoms with Gasteiger partial charge in [0.05, 0.1) is 14.2 Å². The van der Waals surface area contributed by atoms with Gasteiger partial charge in [0.25, 0.3) is 0 Å². The first-order valence-corrected chi connectivity index (χ1v) is 8.49. The maximum absolute atomic E-state index is 10.6. The van der Waals surface area contributed by atoms with Crippen molar-refractivity contribution in [2.75, 3.05) is 20.8 Å². The number of hydrogen-bond donors (Lipinski definition) is 2. The van der Waals surface area contributed by atoms with Crippen molar-refractivity contribution in [1.82, 2.24) is 5.32 Å². The van der Waals surface area contributed by atoms with E-state index in [0.717, 1.165) is 21.8 Å². The van der Waals surface area contributed by atoms with Crippen molar-refractivity contribution in [2.45, 2.75) is 32.4 Å². The molecule has 2 rings (SSSR count). The van der Waals surface area contributed by atoms with Gasteiger partial charge in [-0.1, -0.05) is 6.07 Å². The number of thiophene rings is 1. The summed E-state index contributed by atoms with van der Waals surface area (Å²) in [7, 11) is 3.27. The third kappa shape index (κ3) is 4.05. The van der Waals surface area contributed by atoms with E-state index in [2.05, 4.69) is 12.2 Å². The Kier molecular flexibility index (Phi) is 5.68. The molecule has 2 unspecified atom stereocenters. The van der Waals surface area contributed by atoms with E-state index in [1.54, 1.807) is 25.6 Å². The van der Waals surface area contributed by atoms with E-state index in [1.165, 1.54) is 0 Å².